The van der Waals surface area contributed by atoms with Gasteiger partial charge in [0.05, 0.1) is 13.0 Å². The molecule has 0 aliphatic rings. The van der Waals surface area contributed by atoms with Crippen molar-refractivity contribution >= 4 is 23.5 Å². The molecule has 0 unspecified atom stereocenters. The smallest absolute Gasteiger partial charge is 0.306 e. The molecule has 0 saturated heterocycles. The summed E-state index contributed by atoms with van der Waals surface area (Å²) in [6, 6.07) is 16.4. The van der Waals surface area contributed by atoms with Crippen LogP contribution in [-0.4, -0.2) is 29.9 Å². The molecule has 0 aliphatic heterocycles. The van der Waals surface area contributed by atoms with E-state index in [-0.39, 0.29) is 36.8 Å². The largest absolute Gasteiger partial charge is 0.465 e. The maximum absolute atomic E-state index is 12.2. The van der Waals surface area contributed by atoms with Crippen molar-refractivity contribution in [2.24, 2.45) is 0 Å². The fraction of sp³-hybridized carbons (Fsp3) is 0.348. The average molecular weight is 396 g/mol. The molecule has 29 heavy (non-hydrogen) atoms. The molecule has 0 radical (unpaired) electrons. The topological polar surface area (TPSA) is 84.5 Å². The van der Waals surface area contributed by atoms with Gasteiger partial charge in [0.2, 0.25) is 5.91 Å². The van der Waals surface area contributed by atoms with Crippen molar-refractivity contribution in [3.05, 3.63) is 65.7 Å². The number of anilines is 1. The van der Waals surface area contributed by atoms with Crippen molar-refractivity contribution in [1.82, 2.24) is 5.32 Å². The lowest BCUT2D eigenvalue weighted by atomic mass is 10.1. The summed E-state index contributed by atoms with van der Waals surface area (Å²) in [4.78, 5) is 36.1. The maximum atomic E-state index is 12.2. The molecule has 0 spiro atoms. The standard InChI is InChI=1S/C23H28N2O4/c1-23(2,3)25-22(28)18-10-7-11-19(16-18)24-20(26)12-13-21(27)29-15-14-17-8-5-4-6-9-17/h4-11,16H,12-15H2,1-3H3,(H,24,26)(H,25,28). The zero-order chi connectivity index (χ0) is 21.3. The first-order chi connectivity index (χ1) is 13.7. The van der Waals surface area contributed by atoms with Gasteiger partial charge in [-0.3, -0.25) is 14.4 Å². The van der Waals surface area contributed by atoms with Gasteiger partial charge in [0.1, 0.15) is 0 Å². The summed E-state index contributed by atoms with van der Waals surface area (Å²) in [5.74, 6) is -0.927. The summed E-state index contributed by atoms with van der Waals surface area (Å²) in [5.41, 5.74) is 1.71. The van der Waals surface area contributed by atoms with Crippen LogP contribution in [0.2, 0.25) is 0 Å². The van der Waals surface area contributed by atoms with E-state index in [9.17, 15) is 14.4 Å². The van der Waals surface area contributed by atoms with Crippen molar-refractivity contribution in [1.29, 1.82) is 0 Å². The monoisotopic (exact) mass is 396 g/mol. The zero-order valence-corrected chi connectivity index (χ0v) is 17.2. The predicted molar refractivity (Wildman–Crippen MR) is 113 cm³/mol. The van der Waals surface area contributed by atoms with Gasteiger partial charge in [-0.2, -0.15) is 0 Å². The minimum Gasteiger partial charge on any atom is -0.465 e. The number of benzene rings is 2. The van der Waals surface area contributed by atoms with Crippen LogP contribution in [0.5, 0.6) is 0 Å². The van der Waals surface area contributed by atoms with Crippen LogP contribution in [0.3, 0.4) is 0 Å². The molecule has 2 aromatic rings. The second kappa shape index (κ2) is 10.4. The number of rotatable bonds is 8. The summed E-state index contributed by atoms with van der Waals surface area (Å²) in [5, 5.41) is 5.59. The van der Waals surface area contributed by atoms with Crippen LogP contribution < -0.4 is 10.6 Å². The molecular weight excluding hydrogens is 368 g/mol. The molecule has 2 amide bonds. The van der Waals surface area contributed by atoms with Gasteiger partial charge in [-0.1, -0.05) is 36.4 Å². The molecule has 2 N–H and O–H groups in total. The Morgan fingerprint density at radius 2 is 1.66 bits per heavy atom. The van der Waals surface area contributed by atoms with E-state index in [1.165, 1.54) is 0 Å². The van der Waals surface area contributed by atoms with Crippen molar-refractivity contribution < 1.29 is 19.1 Å². The Bertz CT molecular complexity index is 841. The van der Waals surface area contributed by atoms with Gasteiger partial charge < -0.3 is 15.4 Å². The first-order valence-corrected chi connectivity index (χ1v) is 9.65. The number of amides is 2. The van der Waals surface area contributed by atoms with Crippen LogP contribution in [0.4, 0.5) is 5.69 Å². The van der Waals surface area contributed by atoms with Crippen LogP contribution in [0.1, 0.15) is 49.5 Å². The van der Waals surface area contributed by atoms with Crippen molar-refractivity contribution in [2.45, 2.75) is 45.6 Å². The van der Waals surface area contributed by atoms with Crippen LogP contribution in [0.15, 0.2) is 54.6 Å². The number of esters is 1. The van der Waals surface area contributed by atoms with E-state index in [1.54, 1.807) is 24.3 Å². The highest BCUT2D eigenvalue weighted by molar-refractivity contribution is 5.97. The van der Waals surface area contributed by atoms with E-state index in [4.69, 9.17) is 4.74 Å². The van der Waals surface area contributed by atoms with Gasteiger partial charge in [0.15, 0.2) is 0 Å². The van der Waals surface area contributed by atoms with E-state index in [2.05, 4.69) is 10.6 Å². The van der Waals surface area contributed by atoms with Crippen molar-refractivity contribution in [3.63, 3.8) is 0 Å². The Morgan fingerprint density at radius 3 is 2.34 bits per heavy atom. The lowest BCUT2D eigenvalue weighted by Crippen LogP contribution is -2.40. The molecule has 2 rings (SSSR count). The Balaban J connectivity index is 1.75. The normalized spacial score (nSPS) is 10.9. The Kier molecular flexibility index (Phi) is 7.95. The lowest BCUT2D eigenvalue weighted by Gasteiger charge is -2.20. The number of hydrogen-bond donors (Lipinski definition) is 2. The number of hydrogen-bond acceptors (Lipinski definition) is 4. The second-order valence-corrected chi connectivity index (χ2v) is 7.79. The molecule has 0 aliphatic carbocycles. The number of nitrogens with one attached hydrogen (secondary N) is 2. The van der Waals surface area contributed by atoms with Crippen molar-refractivity contribution in [2.75, 3.05) is 11.9 Å². The highest BCUT2D eigenvalue weighted by atomic mass is 16.5. The number of carbonyl (C=O) groups is 3. The van der Waals surface area contributed by atoms with Gasteiger partial charge in [0.25, 0.3) is 5.91 Å². The van der Waals surface area contributed by atoms with Crippen LogP contribution >= 0.6 is 0 Å². The number of carbonyl (C=O) groups excluding carboxylic acids is 3. The van der Waals surface area contributed by atoms with Gasteiger partial charge >= 0.3 is 5.97 Å². The second-order valence-electron chi connectivity index (χ2n) is 7.79. The predicted octanol–water partition coefficient (Wildman–Crippen LogP) is 3.72. The molecule has 0 bridgehead atoms. The molecule has 0 heterocycles. The fourth-order valence-corrected chi connectivity index (χ4v) is 2.59. The van der Waals surface area contributed by atoms with Gasteiger partial charge in [0, 0.05) is 29.6 Å². The van der Waals surface area contributed by atoms with E-state index in [0.29, 0.717) is 17.7 Å². The quantitative estimate of drug-likeness (QED) is 0.666. The average Bonchev–Trinajstić information content (AvgIpc) is 2.66. The third kappa shape index (κ3) is 8.60. The van der Waals surface area contributed by atoms with Gasteiger partial charge in [-0.25, -0.2) is 0 Å². The minimum absolute atomic E-state index is 0.00479. The lowest BCUT2D eigenvalue weighted by molar-refractivity contribution is -0.144. The molecule has 6 nitrogen and oxygen atoms in total. The third-order valence-electron chi connectivity index (χ3n) is 3.95. The van der Waals surface area contributed by atoms with E-state index >= 15 is 0 Å². The maximum Gasteiger partial charge on any atom is 0.306 e. The molecule has 0 fully saturated rings. The van der Waals surface area contributed by atoms with E-state index in [1.807, 2.05) is 51.1 Å². The molecular formula is C23H28N2O4. The first-order valence-electron chi connectivity index (χ1n) is 9.65. The summed E-state index contributed by atoms with van der Waals surface area (Å²) in [7, 11) is 0. The Labute approximate surface area is 171 Å². The zero-order valence-electron chi connectivity index (χ0n) is 17.2. The van der Waals surface area contributed by atoms with Gasteiger partial charge in [-0.15, -0.1) is 0 Å². The molecule has 2 aromatic carbocycles. The van der Waals surface area contributed by atoms with E-state index < -0.39 is 5.97 Å². The molecule has 0 saturated carbocycles. The van der Waals surface area contributed by atoms with Crippen LogP contribution in [0, 0.1) is 0 Å². The van der Waals surface area contributed by atoms with Gasteiger partial charge in [-0.05, 0) is 44.5 Å². The van der Waals surface area contributed by atoms with Crippen LogP contribution in [-0.2, 0) is 20.7 Å². The van der Waals surface area contributed by atoms with E-state index in [0.717, 1.165) is 5.56 Å². The molecule has 6 heteroatoms. The SMILES string of the molecule is CC(C)(C)NC(=O)c1cccc(NC(=O)CCC(=O)OCCc2ccccc2)c1. The summed E-state index contributed by atoms with van der Waals surface area (Å²) in [6.07, 6.45) is 0.662. The fourth-order valence-electron chi connectivity index (χ4n) is 2.59. The highest BCUT2D eigenvalue weighted by Crippen LogP contribution is 2.13. The summed E-state index contributed by atoms with van der Waals surface area (Å²) >= 11 is 0. The number of ether oxygens (including phenoxy) is 1. The van der Waals surface area contributed by atoms with Crippen molar-refractivity contribution in [3.8, 4) is 0 Å². The minimum atomic E-state index is -0.408. The summed E-state index contributed by atoms with van der Waals surface area (Å²) in [6.45, 7) is 5.98. The Morgan fingerprint density at radius 1 is 0.931 bits per heavy atom. The third-order valence-corrected chi connectivity index (χ3v) is 3.95. The first kappa shape index (κ1) is 22.1. The Hall–Kier alpha value is -3.15. The molecule has 154 valence electrons. The van der Waals surface area contributed by atoms with Crippen LogP contribution in [0.25, 0.3) is 0 Å². The summed E-state index contributed by atoms with van der Waals surface area (Å²) < 4.78 is 5.17. The molecule has 0 atom stereocenters. The highest BCUT2D eigenvalue weighted by Gasteiger charge is 2.16. The molecule has 0 aromatic heterocycles.